The summed E-state index contributed by atoms with van der Waals surface area (Å²) in [6, 6.07) is 12.1. The minimum atomic E-state index is 0. The van der Waals surface area contributed by atoms with E-state index in [-0.39, 0.29) is 24.8 Å². The molecule has 0 saturated carbocycles. The number of hydrogen-bond donors (Lipinski definition) is 2. The fraction of sp³-hybridized carbons (Fsp3) is 0.143. The zero-order chi connectivity index (χ0) is 11.7. The van der Waals surface area contributed by atoms with E-state index in [2.05, 4.69) is 12.1 Å². The maximum absolute atomic E-state index is 5.80. The van der Waals surface area contributed by atoms with Crippen LogP contribution in [-0.4, -0.2) is 0 Å². The molecule has 0 atom stereocenters. The minimum absolute atomic E-state index is 0. The van der Waals surface area contributed by atoms with Crippen LogP contribution < -0.4 is 11.5 Å². The van der Waals surface area contributed by atoms with E-state index in [9.17, 15) is 0 Å². The van der Waals surface area contributed by atoms with Crippen molar-refractivity contribution in [3.8, 4) is 11.1 Å². The Balaban J connectivity index is 0.00000144. The van der Waals surface area contributed by atoms with Gasteiger partial charge in [-0.05, 0) is 60.4 Å². The molecule has 18 heavy (non-hydrogen) atoms. The number of halogens is 2. The number of aryl methyl sites for hydroxylation is 2. The molecule has 0 bridgehead atoms. The molecule has 2 rings (SSSR count). The quantitative estimate of drug-likeness (QED) is 0.779. The average molecular weight is 285 g/mol. The van der Waals surface area contributed by atoms with E-state index < -0.39 is 0 Å². The monoisotopic (exact) mass is 284 g/mol. The van der Waals surface area contributed by atoms with Gasteiger partial charge in [-0.3, -0.25) is 0 Å². The van der Waals surface area contributed by atoms with E-state index in [1.54, 1.807) is 0 Å². The van der Waals surface area contributed by atoms with Crippen LogP contribution in [0.5, 0.6) is 0 Å². The summed E-state index contributed by atoms with van der Waals surface area (Å²) >= 11 is 0. The third-order valence-electron chi connectivity index (χ3n) is 2.87. The first-order valence-corrected chi connectivity index (χ1v) is 5.30. The molecule has 0 aliphatic heterocycles. The second-order valence-electron chi connectivity index (χ2n) is 4.14. The Hall–Kier alpha value is -1.38. The summed E-state index contributed by atoms with van der Waals surface area (Å²) in [5, 5.41) is 0. The summed E-state index contributed by atoms with van der Waals surface area (Å²) in [5.74, 6) is 0. The Labute approximate surface area is 120 Å². The molecule has 2 aromatic rings. The molecule has 0 spiro atoms. The van der Waals surface area contributed by atoms with Crippen molar-refractivity contribution in [3.63, 3.8) is 0 Å². The van der Waals surface area contributed by atoms with Crippen LogP contribution in [0.4, 0.5) is 11.4 Å². The highest BCUT2D eigenvalue weighted by molar-refractivity contribution is 5.85. The molecule has 4 heteroatoms. The van der Waals surface area contributed by atoms with Crippen molar-refractivity contribution in [1.82, 2.24) is 0 Å². The van der Waals surface area contributed by atoms with Gasteiger partial charge >= 0.3 is 0 Å². The summed E-state index contributed by atoms with van der Waals surface area (Å²) in [4.78, 5) is 0. The van der Waals surface area contributed by atoms with Crippen LogP contribution in [-0.2, 0) is 0 Å². The molecule has 0 aliphatic carbocycles. The zero-order valence-corrected chi connectivity index (χ0v) is 12.1. The van der Waals surface area contributed by atoms with Gasteiger partial charge in [0.2, 0.25) is 0 Å². The molecule has 0 radical (unpaired) electrons. The minimum Gasteiger partial charge on any atom is -0.399 e. The summed E-state index contributed by atoms with van der Waals surface area (Å²) in [6.07, 6.45) is 0. The maximum Gasteiger partial charge on any atom is 0.0344 e. The van der Waals surface area contributed by atoms with Crippen LogP contribution in [0.15, 0.2) is 36.4 Å². The van der Waals surface area contributed by atoms with Gasteiger partial charge in [0.15, 0.2) is 0 Å². The highest BCUT2D eigenvalue weighted by Crippen LogP contribution is 2.25. The number of rotatable bonds is 1. The number of benzene rings is 2. The van der Waals surface area contributed by atoms with E-state index in [1.165, 1.54) is 11.1 Å². The number of hydrogen-bond acceptors (Lipinski definition) is 2. The molecular formula is C14H18Cl2N2. The first-order chi connectivity index (χ1) is 7.58. The first kappa shape index (κ1) is 16.6. The van der Waals surface area contributed by atoms with Crippen molar-refractivity contribution in [2.75, 3.05) is 11.5 Å². The fourth-order valence-electron chi connectivity index (χ4n) is 1.71. The van der Waals surface area contributed by atoms with Crippen LogP contribution in [0.2, 0.25) is 0 Å². The number of anilines is 2. The van der Waals surface area contributed by atoms with Gasteiger partial charge in [-0.15, -0.1) is 24.8 Å². The average Bonchev–Trinajstić information content (AvgIpc) is 2.26. The number of nitrogens with two attached hydrogens (primary N) is 2. The van der Waals surface area contributed by atoms with Gasteiger partial charge in [-0.25, -0.2) is 0 Å². The van der Waals surface area contributed by atoms with Crippen molar-refractivity contribution in [3.05, 3.63) is 47.5 Å². The van der Waals surface area contributed by atoms with Crippen molar-refractivity contribution < 1.29 is 0 Å². The molecule has 0 saturated heterocycles. The van der Waals surface area contributed by atoms with E-state index in [4.69, 9.17) is 11.5 Å². The van der Waals surface area contributed by atoms with Gasteiger partial charge in [-0.1, -0.05) is 12.1 Å². The molecule has 0 heterocycles. The summed E-state index contributed by atoms with van der Waals surface area (Å²) in [6.45, 7) is 4.03. The normalized spacial score (nSPS) is 9.22. The first-order valence-electron chi connectivity index (χ1n) is 5.30. The smallest absolute Gasteiger partial charge is 0.0344 e. The lowest BCUT2D eigenvalue weighted by atomic mass is 10.0. The topological polar surface area (TPSA) is 52.0 Å². The Morgan fingerprint density at radius 2 is 1.00 bits per heavy atom. The Kier molecular flexibility index (Phi) is 6.02. The molecule has 0 aromatic heterocycles. The molecule has 0 amide bonds. The predicted octanol–water partition coefficient (Wildman–Crippen LogP) is 3.98. The van der Waals surface area contributed by atoms with Gasteiger partial charge in [0.1, 0.15) is 0 Å². The van der Waals surface area contributed by atoms with Gasteiger partial charge in [0, 0.05) is 11.4 Å². The SMILES string of the molecule is Cc1cc(-c2ccc(N)c(C)c2)ccc1N.Cl.Cl. The molecule has 98 valence electrons. The molecule has 0 fully saturated rings. The van der Waals surface area contributed by atoms with Gasteiger partial charge in [-0.2, -0.15) is 0 Å². The van der Waals surface area contributed by atoms with Gasteiger partial charge in [0.05, 0.1) is 0 Å². The summed E-state index contributed by atoms with van der Waals surface area (Å²) in [5.41, 5.74) is 17.8. The standard InChI is InChI=1S/C14H16N2.2ClH/c1-9-7-11(3-5-13(9)15)12-4-6-14(16)10(2)8-12;;/h3-8H,15-16H2,1-2H3;2*1H. The molecule has 0 aliphatic rings. The second kappa shape index (κ2) is 6.53. The van der Waals surface area contributed by atoms with E-state index in [1.807, 2.05) is 38.1 Å². The van der Waals surface area contributed by atoms with Crippen LogP contribution in [0.25, 0.3) is 11.1 Å². The predicted molar refractivity (Wildman–Crippen MR) is 84.7 cm³/mol. The lowest BCUT2D eigenvalue weighted by Gasteiger charge is -2.07. The summed E-state index contributed by atoms with van der Waals surface area (Å²) < 4.78 is 0. The van der Waals surface area contributed by atoms with Crippen LogP contribution >= 0.6 is 24.8 Å². The highest BCUT2D eigenvalue weighted by atomic mass is 35.5. The number of nitrogen functional groups attached to an aromatic ring is 2. The molecular weight excluding hydrogens is 267 g/mol. The Bertz CT molecular complexity index is 490. The van der Waals surface area contributed by atoms with E-state index in [0.29, 0.717) is 0 Å². The third kappa shape index (κ3) is 3.31. The van der Waals surface area contributed by atoms with Crippen molar-refractivity contribution >= 4 is 36.2 Å². The van der Waals surface area contributed by atoms with Crippen LogP contribution in [0, 0.1) is 13.8 Å². The lowest BCUT2D eigenvalue weighted by Crippen LogP contribution is -1.91. The van der Waals surface area contributed by atoms with Crippen LogP contribution in [0.3, 0.4) is 0 Å². The molecule has 0 unspecified atom stereocenters. The molecule has 4 N–H and O–H groups in total. The van der Waals surface area contributed by atoms with Crippen molar-refractivity contribution in [2.45, 2.75) is 13.8 Å². The Morgan fingerprint density at radius 1 is 0.667 bits per heavy atom. The fourth-order valence-corrected chi connectivity index (χ4v) is 1.71. The van der Waals surface area contributed by atoms with Crippen molar-refractivity contribution in [1.29, 1.82) is 0 Å². The molecule has 2 aromatic carbocycles. The Morgan fingerprint density at radius 3 is 1.28 bits per heavy atom. The van der Waals surface area contributed by atoms with Gasteiger partial charge in [0.25, 0.3) is 0 Å². The van der Waals surface area contributed by atoms with E-state index in [0.717, 1.165) is 22.5 Å². The van der Waals surface area contributed by atoms with Crippen molar-refractivity contribution in [2.24, 2.45) is 0 Å². The largest absolute Gasteiger partial charge is 0.399 e. The summed E-state index contributed by atoms with van der Waals surface area (Å²) in [7, 11) is 0. The molecule has 2 nitrogen and oxygen atoms in total. The second-order valence-corrected chi connectivity index (χ2v) is 4.14. The van der Waals surface area contributed by atoms with E-state index >= 15 is 0 Å². The highest BCUT2D eigenvalue weighted by Gasteiger charge is 2.01. The van der Waals surface area contributed by atoms with Gasteiger partial charge < -0.3 is 11.5 Å². The zero-order valence-electron chi connectivity index (χ0n) is 10.4. The van der Waals surface area contributed by atoms with Crippen LogP contribution in [0.1, 0.15) is 11.1 Å². The lowest BCUT2D eigenvalue weighted by molar-refractivity contribution is 1.44. The third-order valence-corrected chi connectivity index (χ3v) is 2.87. The maximum atomic E-state index is 5.80.